The van der Waals surface area contributed by atoms with Crippen LogP contribution in [0, 0.1) is 6.92 Å². The molecule has 0 bridgehead atoms. The fourth-order valence-corrected chi connectivity index (χ4v) is 3.39. The molecule has 1 aromatic heterocycles. The van der Waals surface area contributed by atoms with Gasteiger partial charge in [-0.05, 0) is 40.3 Å². The van der Waals surface area contributed by atoms with Crippen molar-refractivity contribution in [1.82, 2.24) is 0 Å². The summed E-state index contributed by atoms with van der Waals surface area (Å²) in [6, 6.07) is 14.1. The van der Waals surface area contributed by atoms with E-state index >= 15 is 0 Å². The monoisotopic (exact) mass is 284 g/mol. The third kappa shape index (κ3) is 2.09. The van der Waals surface area contributed by atoms with E-state index in [1.54, 1.807) is 7.11 Å². The zero-order chi connectivity index (χ0) is 14.1. The Morgan fingerprint density at radius 3 is 2.55 bits per heavy atom. The summed E-state index contributed by atoms with van der Waals surface area (Å²) in [4.78, 5) is 0.849. The lowest BCUT2D eigenvalue weighted by Gasteiger charge is -2.15. The molecule has 0 aliphatic rings. The van der Waals surface area contributed by atoms with Crippen LogP contribution in [-0.4, -0.2) is 12.2 Å². The first kappa shape index (κ1) is 13.2. The molecule has 3 aromatic rings. The Hall–Kier alpha value is -1.84. The van der Waals surface area contributed by atoms with E-state index in [4.69, 9.17) is 4.74 Å². The van der Waals surface area contributed by atoms with E-state index in [1.165, 1.54) is 22.3 Å². The fourth-order valence-electron chi connectivity index (χ4n) is 2.53. The van der Waals surface area contributed by atoms with Crippen LogP contribution in [0.3, 0.4) is 0 Å². The summed E-state index contributed by atoms with van der Waals surface area (Å²) < 4.78 is 5.31. The molecule has 102 valence electrons. The van der Waals surface area contributed by atoms with Crippen LogP contribution in [0.25, 0.3) is 10.8 Å². The summed E-state index contributed by atoms with van der Waals surface area (Å²) in [5.74, 6) is 0.743. The van der Waals surface area contributed by atoms with Crippen LogP contribution in [0.5, 0.6) is 5.75 Å². The minimum absolute atomic E-state index is 0.657. The lowest BCUT2D eigenvalue weighted by atomic mass is 9.96. The molecule has 3 rings (SSSR count). The van der Waals surface area contributed by atoms with Gasteiger partial charge in [0.2, 0.25) is 0 Å². The molecule has 0 aliphatic heterocycles. The number of aryl methyl sites for hydroxylation is 1. The lowest BCUT2D eigenvalue weighted by molar-refractivity contribution is 0.220. The molecule has 1 N–H and O–H groups in total. The Morgan fingerprint density at radius 2 is 1.80 bits per heavy atom. The molecule has 2 nitrogen and oxygen atoms in total. The van der Waals surface area contributed by atoms with Gasteiger partial charge in [-0.3, -0.25) is 0 Å². The van der Waals surface area contributed by atoms with E-state index in [1.807, 2.05) is 29.6 Å². The summed E-state index contributed by atoms with van der Waals surface area (Å²) in [5, 5.41) is 14.9. The predicted octanol–water partition coefficient (Wildman–Crippen LogP) is 4.30. The van der Waals surface area contributed by atoms with Crippen LogP contribution in [0.4, 0.5) is 0 Å². The molecule has 0 saturated carbocycles. The van der Waals surface area contributed by atoms with Crippen molar-refractivity contribution in [2.24, 2.45) is 0 Å². The second kappa shape index (κ2) is 5.27. The first-order valence-corrected chi connectivity index (χ1v) is 7.38. The van der Waals surface area contributed by atoms with Crippen LogP contribution in [0.1, 0.15) is 22.1 Å². The van der Waals surface area contributed by atoms with Crippen molar-refractivity contribution in [1.29, 1.82) is 0 Å². The summed E-state index contributed by atoms with van der Waals surface area (Å²) in [6.07, 6.45) is -0.657. The number of rotatable bonds is 3. The van der Waals surface area contributed by atoms with E-state index in [0.717, 1.165) is 21.6 Å². The number of hydrogen-bond acceptors (Lipinski definition) is 3. The van der Waals surface area contributed by atoms with E-state index in [0.29, 0.717) is 0 Å². The molecule has 0 radical (unpaired) electrons. The van der Waals surface area contributed by atoms with Gasteiger partial charge in [0.1, 0.15) is 11.9 Å². The minimum Gasteiger partial charge on any atom is -0.495 e. The molecule has 2 aromatic carbocycles. The number of aliphatic hydroxyl groups excluding tert-OH is 1. The van der Waals surface area contributed by atoms with Gasteiger partial charge in [-0.1, -0.05) is 36.4 Å². The standard InChI is InChI=1S/C17H16O2S/c1-11-7-8-14(13-6-4-3-5-12(11)13)16(18)17-15(19-2)9-10-20-17/h3-10,16,18H,1-2H3. The van der Waals surface area contributed by atoms with Crippen LogP contribution in [0.15, 0.2) is 47.8 Å². The predicted molar refractivity (Wildman–Crippen MR) is 83.6 cm³/mol. The van der Waals surface area contributed by atoms with Gasteiger partial charge in [0.15, 0.2) is 0 Å². The van der Waals surface area contributed by atoms with Crippen LogP contribution in [-0.2, 0) is 0 Å². The average molecular weight is 284 g/mol. The van der Waals surface area contributed by atoms with Crippen molar-refractivity contribution >= 4 is 22.1 Å². The molecule has 1 heterocycles. The topological polar surface area (TPSA) is 29.5 Å². The Bertz CT molecular complexity index is 746. The van der Waals surface area contributed by atoms with E-state index in [9.17, 15) is 5.11 Å². The SMILES string of the molecule is COc1ccsc1C(O)c1ccc(C)c2ccccc12. The number of fused-ring (bicyclic) bond motifs is 1. The second-order valence-electron chi connectivity index (χ2n) is 4.77. The van der Waals surface area contributed by atoms with Gasteiger partial charge in [0.05, 0.1) is 12.0 Å². The van der Waals surface area contributed by atoms with Gasteiger partial charge in [-0.15, -0.1) is 11.3 Å². The van der Waals surface area contributed by atoms with Crippen molar-refractivity contribution < 1.29 is 9.84 Å². The Kier molecular flexibility index (Phi) is 3.47. The van der Waals surface area contributed by atoms with Gasteiger partial charge in [-0.2, -0.15) is 0 Å². The van der Waals surface area contributed by atoms with Crippen LogP contribution in [0.2, 0.25) is 0 Å². The number of hydrogen-bond donors (Lipinski definition) is 1. The number of ether oxygens (including phenoxy) is 1. The maximum atomic E-state index is 10.7. The lowest BCUT2D eigenvalue weighted by Crippen LogP contribution is -2.00. The number of thiophene rings is 1. The largest absolute Gasteiger partial charge is 0.495 e. The van der Waals surface area contributed by atoms with Gasteiger partial charge in [0, 0.05) is 0 Å². The third-order valence-electron chi connectivity index (χ3n) is 3.60. The molecule has 1 atom stereocenters. The maximum absolute atomic E-state index is 10.7. The summed E-state index contributed by atoms with van der Waals surface area (Å²) in [6.45, 7) is 2.09. The number of benzene rings is 2. The van der Waals surface area contributed by atoms with E-state index in [-0.39, 0.29) is 0 Å². The highest BCUT2D eigenvalue weighted by Crippen LogP contribution is 2.37. The minimum atomic E-state index is -0.657. The first-order chi connectivity index (χ1) is 9.72. The van der Waals surface area contributed by atoms with Crippen molar-refractivity contribution in [3.05, 3.63) is 63.8 Å². The second-order valence-corrected chi connectivity index (χ2v) is 5.72. The zero-order valence-electron chi connectivity index (χ0n) is 11.5. The molecule has 0 saturated heterocycles. The van der Waals surface area contributed by atoms with E-state index < -0.39 is 6.10 Å². The summed E-state index contributed by atoms with van der Waals surface area (Å²) in [5.41, 5.74) is 2.14. The zero-order valence-corrected chi connectivity index (χ0v) is 12.3. The normalized spacial score (nSPS) is 12.6. The Morgan fingerprint density at radius 1 is 1.05 bits per heavy atom. The number of methoxy groups -OCH3 is 1. The summed E-state index contributed by atoms with van der Waals surface area (Å²) >= 11 is 1.51. The molecule has 3 heteroatoms. The molecular formula is C17H16O2S. The Balaban J connectivity index is 2.17. The average Bonchev–Trinajstić information content (AvgIpc) is 2.96. The molecule has 0 fully saturated rings. The van der Waals surface area contributed by atoms with Crippen molar-refractivity contribution in [3.8, 4) is 5.75 Å². The van der Waals surface area contributed by atoms with Gasteiger partial charge >= 0.3 is 0 Å². The maximum Gasteiger partial charge on any atom is 0.135 e. The van der Waals surface area contributed by atoms with E-state index in [2.05, 4.69) is 25.1 Å². The third-order valence-corrected chi connectivity index (χ3v) is 4.55. The quantitative estimate of drug-likeness (QED) is 0.777. The highest BCUT2D eigenvalue weighted by Gasteiger charge is 2.19. The van der Waals surface area contributed by atoms with Crippen LogP contribution >= 0.6 is 11.3 Å². The smallest absolute Gasteiger partial charge is 0.135 e. The molecule has 0 amide bonds. The van der Waals surface area contributed by atoms with Gasteiger partial charge < -0.3 is 9.84 Å². The first-order valence-electron chi connectivity index (χ1n) is 6.50. The molecule has 0 spiro atoms. The van der Waals surface area contributed by atoms with Crippen molar-refractivity contribution in [2.75, 3.05) is 7.11 Å². The van der Waals surface area contributed by atoms with Gasteiger partial charge in [-0.25, -0.2) is 0 Å². The molecule has 0 aliphatic carbocycles. The Labute approximate surface area is 122 Å². The highest BCUT2D eigenvalue weighted by molar-refractivity contribution is 7.10. The fraction of sp³-hybridized carbons (Fsp3) is 0.176. The van der Waals surface area contributed by atoms with Gasteiger partial charge in [0.25, 0.3) is 0 Å². The van der Waals surface area contributed by atoms with Crippen molar-refractivity contribution in [3.63, 3.8) is 0 Å². The number of aliphatic hydroxyl groups is 1. The summed E-state index contributed by atoms with van der Waals surface area (Å²) in [7, 11) is 1.63. The molecule has 1 unspecified atom stereocenters. The van der Waals surface area contributed by atoms with Crippen LogP contribution < -0.4 is 4.74 Å². The highest BCUT2D eigenvalue weighted by atomic mass is 32.1. The molecular weight excluding hydrogens is 268 g/mol. The van der Waals surface area contributed by atoms with Crippen molar-refractivity contribution in [2.45, 2.75) is 13.0 Å². The molecule has 20 heavy (non-hydrogen) atoms.